The Labute approximate surface area is 147 Å². The first kappa shape index (κ1) is 15.8. The van der Waals surface area contributed by atoms with Crippen LogP contribution in [0.4, 0.5) is 5.69 Å². The number of ether oxygens (including phenoxy) is 1. The zero-order valence-corrected chi connectivity index (χ0v) is 14.7. The average Bonchev–Trinajstić information content (AvgIpc) is 2.92. The summed E-state index contributed by atoms with van der Waals surface area (Å²) in [5.74, 6) is 0.747. The quantitative estimate of drug-likeness (QED) is 0.717. The molecule has 4 rings (SSSR count). The molecule has 1 aromatic heterocycles. The molecule has 1 aliphatic rings. The molecule has 128 valence electrons. The summed E-state index contributed by atoms with van der Waals surface area (Å²) in [7, 11) is 0. The van der Waals surface area contributed by atoms with Gasteiger partial charge in [-0.15, -0.1) is 0 Å². The van der Waals surface area contributed by atoms with E-state index in [1.54, 1.807) is 0 Å². The topological polar surface area (TPSA) is 43.3 Å². The van der Waals surface area contributed by atoms with Crippen LogP contribution in [0.5, 0.6) is 5.75 Å². The Kier molecular flexibility index (Phi) is 3.75. The minimum absolute atomic E-state index is 0.00661. The van der Waals surface area contributed by atoms with Crippen LogP contribution in [-0.4, -0.2) is 16.6 Å². The predicted octanol–water partition coefficient (Wildman–Crippen LogP) is 5.00. The maximum absolute atomic E-state index is 12.0. The van der Waals surface area contributed by atoms with Crippen molar-refractivity contribution in [2.45, 2.75) is 39.3 Å². The molecule has 1 unspecified atom stereocenters. The molecule has 1 amide bonds. The van der Waals surface area contributed by atoms with Crippen LogP contribution in [0.2, 0.25) is 0 Å². The lowest BCUT2D eigenvalue weighted by Gasteiger charge is -2.16. The van der Waals surface area contributed by atoms with E-state index in [9.17, 15) is 4.79 Å². The van der Waals surface area contributed by atoms with Crippen LogP contribution in [-0.2, 0) is 4.79 Å². The maximum atomic E-state index is 12.0. The molecule has 0 aliphatic carbocycles. The molecule has 0 fully saturated rings. The Balaban J connectivity index is 1.84. The summed E-state index contributed by atoms with van der Waals surface area (Å²) in [6.07, 6.45) is 2.35. The van der Waals surface area contributed by atoms with E-state index in [2.05, 4.69) is 54.2 Å². The number of nitrogens with zero attached hydrogens (tertiary/aromatic N) is 1. The minimum Gasteiger partial charge on any atom is -0.487 e. The first-order valence-corrected chi connectivity index (χ1v) is 8.73. The number of rotatable bonds is 2. The van der Waals surface area contributed by atoms with Crippen LogP contribution >= 0.6 is 0 Å². The molecule has 2 heterocycles. The average molecular weight is 334 g/mol. The van der Waals surface area contributed by atoms with Crippen molar-refractivity contribution < 1.29 is 9.53 Å². The van der Waals surface area contributed by atoms with E-state index in [0.717, 1.165) is 22.6 Å². The van der Waals surface area contributed by atoms with Gasteiger partial charge in [0.05, 0.1) is 12.1 Å². The van der Waals surface area contributed by atoms with Crippen molar-refractivity contribution in [3.8, 4) is 16.9 Å². The lowest BCUT2D eigenvalue weighted by Crippen LogP contribution is -2.17. The molecule has 0 radical (unpaired) electrons. The van der Waals surface area contributed by atoms with E-state index in [0.29, 0.717) is 12.5 Å². The fraction of sp³-hybridized carbons (Fsp3) is 0.286. The summed E-state index contributed by atoms with van der Waals surface area (Å²) in [6, 6.07) is 14.9. The summed E-state index contributed by atoms with van der Waals surface area (Å²) < 4.78 is 8.35. The Hall–Kier alpha value is -2.75. The molecular formula is C21H22N2O2. The third-order valence-electron chi connectivity index (χ3n) is 4.67. The lowest BCUT2D eigenvalue weighted by molar-refractivity contribution is -0.117. The molecule has 2 aromatic carbocycles. The summed E-state index contributed by atoms with van der Waals surface area (Å²) in [5.41, 5.74) is 4.06. The van der Waals surface area contributed by atoms with E-state index < -0.39 is 0 Å². The van der Waals surface area contributed by atoms with Gasteiger partial charge in [0.15, 0.2) is 5.75 Å². The standard InChI is InChI=1S/C21H22N2O2/c1-13(2)23-10-9-16-12-15(7-8-19(16)23)17-5-4-6-18-21(17)25-14(3)11-20(24)22-18/h4-10,12-14H,11H2,1-3H3,(H,22,24). The highest BCUT2D eigenvalue weighted by Gasteiger charge is 2.22. The fourth-order valence-electron chi connectivity index (χ4n) is 3.48. The van der Waals surface area contributed by atoms with Crippen LogP contribution in [0, 0.1) is 0 Å². The van der Waals surface area contributed by atoms with Gasteiger partial charge in [0.2, 0.25) is 5.91 Å². The number of benzene rings is 2. The van der Waals surface area contributed by atoms with Gasteiger partial charge in [0.25, 0.3) is 0 Å². The van der Waals surface area contributed by atoms with Crippen molar-refractivity contribution in [1.29, 1.82) is 0 Å². The molecule has 4 nitrogen and oxygen atoms in total. The number of hydrogen-bond donors (Lipinski definition) is 1. The second kappa shape index (κ2) is 5.96. The number of amides is 1. The first-order chi connectivity index (χ1) is 12.0. The van der Waals surface area contributed by atoms with Crippen LogP contribution < -0.4 is 10.1 Å². The molecule has 0 spiro atoms. The number of aromatic nitrogens is 1. The third kappa shape index (κ3) is 2.78. The van der Waals surface area contributed by atoms with Gasteiger partial charge in [-0.05, 0) is 50.6 Å². The number of anilines is 1. The van der Waals surface area contributed by atoms with Crippen LogP contribution in [0.1, 0.15) is 33.2 Å². The van der Waals surface area contributed by atoms with E-state index in [4.69, 9.17) is 4.74 Å². The number of hydrogen-bond acceptors (Lipinski definition) is 2. The van der Waals surface area contributed by atoms with Crippen molar-refractivity contribution in [3.05, 3.63) is 48.7 Å². The van der Waals surface area contributed by atoms with Crippen LogP contribution in [0.15, 0.2) is 48.7 Å². The van der Waals surface area contributed by atoms with Crippen molar-refractivity contribution in [2.75, 3.05) is 5.32 Å². The van der Waals surface area contributed by atoms with Gasteiger partial charge < -0.3 is 14.6 Å². The smallest absolute Gasteiger partial charge is 0.228 e. The normalized spacial score (nSPS) is 17.1. The highest BCUT2D eigenvalue weighted by Crippen LogP contribution is 2.40. The maximum Gasteiger partial charge on any atom is 0.228 e. The molecule has 3 aromatic rings. The van der Waals surface area contributed by atoms with Gasteiger partial charge >= 0.3 is 0 Å². The zero-order chi connectivity index (χ0) is 17.6. The van der Waals surface area contributed by atoms with Crippen molar-refractivity contribution in [3.63, 3.8) is 0 Å². The summed E-state index contributed by atoms with van der Waals surface area (Å²) in [6.45, 7) is 6.29. The minimum atomic E-state index is -0.145. The molecule has 1 N–H and O–H groups in total. The number of para-hydroxylation sites is 1. The number of carbonyl (C=O) groups excluding carboxylic acids is 1. The predicted molar refractivity (Wildman–Crippen MR) is 101 cm³/mol. The van der Waals surface area contributed by atoms with Gasteiger partial charge in [0, 0.05) is 28.7 Å². The van der Waals surface area contributed by atoms with Gasteiger partial charge in [-0.1, -0.05) is 18.2 Å². The highest BCUT2D eigenvalue weighted by molar-refractivity contribution is 5.96. The molecule has 1 atom stereocenters. The van der Waals surface area contributed by atoms with Crippen LogP contribution in [0.25, 0.3) is 22.0 Å². The van der Waals surface area contributed by atoms with Crippen molar-refractivity contribution in [2.24, 2.45) is 0 Å². The number of fused-ring (bicyclic) bond motifs is 2. The number of carbonyl (C=O) groups is 1. The summed E-state index contributed by atoms with van der Waals surface area (Å²) in [4.78, 5) is 12.0. The van der Waals surface area contributed by atoms with E-state index in [1.165, 1.54) is 10.9 Å². The Morgan fingerprint density at radius 1 is 1.20 bits per heavy atom. The van der Waals surface area contributed by atoms with E-state index in [1.807, 2.05) is 25.1 Å². The second-order valence-corrected chi connectivity index (χ2v) is 6.95. The Morgan fingerprint density at radius 2 is 2.04 bits per heavy atom. The largest absolute Gasteiger partial charge is 0.487 e. The van der Waals surface area contributed by atoms with E-state index in [-0.39, 0.29) is 12.0 Å². The third-order valence-corrected chi connectivity index (χ3v) is 4.67. The zero-order valence-electron chi connectivity index (χ0n) is 14.7. The molecule has 0 saturated heterocycles. The monoisotopic (exact) mass is 334 g/mol. The SMILES string of the molecule is CC1CC(=O)Nc2cccc(-c3ccc4c(ccn4C(C)C)c3)c2O1. The van der Waals surface area contributed by atoms with Gasteiger partial charge in [-0.25, -0.2) is 0 Å². The Bertz CT molecular complexity index is 956. The van der Waals surface area contributed by atoms with Crippen molar-refractivity contribution >= 4 is 22.5 Å². The summed E-state index contributed by atoms with van der Waals surface area (Å²) >= 11 is 0. The second-order valence-electron chi connectivity index (χ2n) is 6.95. The molecule has 0 saturated carbocycles. The molecule has 0 bridgehead atoms. The van der Waals surface area contributed by atoms with Crippen LogP contribution in [0.3, 0.4) is 0 Å². The van der Waals surface area contributed by atoms with Gasteiger partial charge in [-0.2, -0.15) is 0 Å². The van der Waals surface area contributed by atoms with Crippen molar-refractivity contribution in [1.82, 2.24) is 4.57 Å². The molecular weight excluding hydrogens is 312 g/mol. The number of nitrogens with one attached hydrogen (secondary N) is 1. The highest BCUT2D eigenvalue weighted by atomic mass is 16.5. The first-order valence-electron chi connectivity index (χ1n) is 8.73. The molecule has 25 heavy (non-hydrogen) atoms. The van der Waals surface area contributed by atoms with Gasteiger partial charge in [-0.3, -0.25) is 4.79 Å². The summed E-state index contributed by atoms with van der Waals surface area (Å²) in [5, 5.41) is 4.15. The fourth-order valence-corrected chi connectivity index (χ4v) is 3.48. The molecule has 1 aliphatic heterocycles. The molecule has 4 heteroatoms. The van der Waals surface area contributed by atoms with Gasteiger partial charge in [0.1, 0.15) is 6.10 Å². The van der Waals surface area contributed by atoms with E-state index >= 15 is 0 Å². The lowest BCUT2D eigenvalue weighted by atomic mass is 10.0. The Morgan fingerprint density at radius 3 is 2.84 bits per heavy atom.